The fourth-order valence-electron chi connectivity index (χ4n) is 5.95. The number of carbonyl (C=O) groups excluding carboxylic acids is 1. The van der Waals surface area contributed by atoms with E-state index in [-0.39, 0.29) is 11.9 Å². The second-order valence-corrected chi connectivity index (χ2v) is 11.3. The number of likely N-dealkylation sites (tertiary alicyclic amines) is 1. The van der Waals surface area contributed by atoms with Crippen LogP contribution in [0.4, 0.5) is 0 Å². The summed E-state index contributed by atoms with van der Waals surface area (Å²) < 4.78 is 12.6. The molecule has 206 valence electrons. The number of pyridine rings is 1. The maximum atomic E-state index is 13.3. The Kier molecular flexibility index (Phi) is 6.31. The summed E-state index contributed by atoms with van der Waals surface area (Å²) in [6.07, 6.45) is 11.8. The Hall–Kier alpha value is -4.11. The van der Waals surface area contributed by atoms with Gasteiger partial charge in [-0.1, -0.05) is 12.1 Å². The fraction of sp³-hybridized carbons (Fsp3) is 0.387. The highest BCUT2D eigenvalue weighted by atomic mass is 16.5. The van der Waals surface area contributed by atoms with Crippen molar-refractivity contribution >= 4 is 22.3 Å². The number of hydrogen-bond donors (Lipinski definition) is 1. The lowest BCUT2D eigenvalue weighted by Gasteiger charge is -2.30. The van der Waals surface area contributed by atoms with E-state index in [0.717, 1.165) is 71.6 Å². The van der Waals surface area contributed by atoms with Crippen molar-refractivity contribution in [1.82, 2.24) is 28.6 Å². The lowest BCUT2D eigenvalue weighted by Crippen LogP contribution is -2.45. The van der Waals surface area contributed by atoms with Crippen molar-refractivity contribution in [3.63, 3.8) is 0 Å². The number of rotatable bonds is 8. The molecule has 0 radical (unpaired) electrons. The van der Waals surface area contributed by atoms with Gasteiger partial charge in [0.1, 0.15) is 18.1 Å². The Morgan fingerprint density at radius 1 is 1.18 bits per heavy atom. The number of benzene rings is 1. The van der Waals surface area contributed by atoms with E-state index in [4.69, 9.17) is 15.6 Å². The molecule has 1 amide bonds. The maximum absolute atomic E-state index is 13.3. The van der Waals surface area contributed by atoms with Gasteiger partial charge < -0.3 is 24.5 Å². The first-order valence-electron chi connectivity index (χ1n) is 14.3. The highest BCUT2D eigenvalue weighted by molar-refractivity contribution is 5.95. The van der Waals surface area contributed by atoms with Crippen molar-refractivity contribution in [2.45, 2.75) is 51.7 Å². The molecule has 1 aliphatic heterocycles. The highest BCUT2D eigenvalue weighted by Crippen LogP contribution is 2.39. The minimum absolute atomic E-state index is 0.0204. The van der Waals surface area contributed by atoms with Crippen molar-refractivity contribution in [1.29, 1.82) is 0 Å². The molecule has 4 aromatic heterocycles. The molecule has 7 rings (SSSR count). The van der Waals surface area contributed by atoms with Crippen LogP contribution in [-0.2, 0) is 13.1 Å². The lowest BCUT2D eigenvalue weighted by atomic mass is 10.1. The number of aromatic nitrogens is 5. The van der Waals surface area contributed by atoms with Gasteiger partial charge in [0.2, 0.25) is 0 Å². The molecule has 2 aliphatic rings. The Morgan fingerprint density at radius 3 is 2.88 bits per heavy atom. The predicted octanol–water partition coefficient (Wildman–Crippen LogP) is 4.51. The second-order valence-electron chi connectivity index (χ2n) is 11.3. The molecule has 2 fully saturated rings. The molecule has 1 aliphatic carbocycles. The van der Waals surface area contributed by atoms with Gasteiger partial charge >= 0.3 is 0 Å². The zero-order valence-electron chi connectivity index (χ0n) is 22.9. The van der Waals surface area contributed by atoms with Crippen molar-refractivity contribution in [2.24, 2.45) is 11.7 Å². The van der Waals surface area contributed by atoms with Gasteiger partial charge in [-0.05, 0) is 62.8 Å². The van der Waals surface area contributed by atoms with Crippen LogP contribution in [0.5, 0.6) is 5.75 Å². The number of nitrogens with zero attached hydrogens (tertiary/aromatic N) is 6. The monoisotopic (exact) mass is 537 g/mol. The lowest BCUT2D eigenvalue weighted by molar-refractivity contribution is 0.0708. The number of amides is 1. The average Bonchev–Trinajstić information content (AvgIpc) is 3.33. The largest absolute Gasteiger partial charge is 0.490 e. The van der Waals surface area contributed by atoms with Crippen LogP contribution < -0.4 is 10.5 Å². The molecule has 5 aromatic rings. The van der Waals surface area contributed by atoms with Crippen LogP contribution in [0.2, 0.25) is 0 Å². The number of ether oxygens (including phenoxy) is 1. The molecule has 0 bridgehead atoms. The van der Waals surface area contributed by atoms with Crippen LogP contribution >= 0.6 is 0 Å². The van der Waals surface area contributed by atoms with E-state index in [1.165, 1.54) is 12.8 Å². The number of piperidine rings is 1. The fourth-order valence-corrected chi connectivity index (χ4v) is 5.95. The van der Waals surface area contributed by atoms with E-state index in [1.54, 1.807) is 6.20 Å². The van der Waals surface area contributed by atoms with Crippen LogP contribution in [0, 0.1) is 12.8 Å². The standard InChI is InChI=1S/C31H35N7O2/c1-21-26-10-9-24(31(39)36-12-3-5-25(32)19-36)18-38(26)34-29(21)27-16-23-4-2-6-28(30(23)37(27)17-22-7-8-22)40-15-14-35-13-11-33-20-35/h2,4,6,9-11,13,16,18,20,22,25H,3,5,7-8,12,14-15,17,19,32H2,1H3. The number of nitrogens with two attached hydrogens (primary N) is 1. The van der Waals surface area contributed by atoms with E-state index < -0.39 is 0 Å². The van der Waals surface area contributed by atoms with Gasteiger partial charge in [-0.2, -0.15) is 5.10 Å². The van der Waals surface area contributed by atoms with E-state index in [2.05, 4.69) is 40.7 Å². The van der Waals surface area contributed by atoms with Gasteiger partial charge in [-0.3, -0.25) is 4.79 Å². The van der Waals surface area contributed by atoms with Gasteiger partial charge in [-0.15, -0.1) is 0 Å². The van der Waals surface area contributed by atoms with Gasteiger partial charge in [-0.25, -0.2) is 9.50 Å². The van der Waals surface area contributed by atoms with E-state index in [0.29, 0.717) is 24.6 Å². The normalized spacial score (nSPS) is 17.6. The third kappa shape index (κ3) is 4.64. The molecule has 5 heterocycles. The van der Waals surface area contributed by atoms with Crippen LogP contribution in [-0.4, -0.2) is 60.3 Å². The van der Waals surface area contributed by atoms with Crippen LogP contribution in [0.3, 0.4) is 0 Å². The topological polar surface area (TPSA) is 95.6 Å². The molecule has 0 spiro atoms. The molecule has 40 heavy (non-hydrogen) atoms. The Balaban J connectivity index is 1.25. The third-order valence-corrected chi connectivity index (χ3v) is 8.30. The summed E-state index contributed by atoms with van der Waals surface area (Å²) in [7, 11) is 0. The summed E-state index contributed by atoms with van der Waals surface area (Å²) >= 11 is 0. The Morgan fingerprint density at radius 2 is 2.08 bits per heavy atom. The Labute approximate surface area is 233 Å². The summed E-state index contributed by atoms with van der Waals surface area (Å²) in [5.41, 5.74) is 12.0. The summed E-state index contributed by atoms with van der Waals surface area (Å²) in [6, 6.07) is 12.5. The Bertz CT molecular complexity index is 1680. The number of carbonyl (C=O) groups is 1. The van der Waals surface area contributed by atoms with Crippen LogP contribution in [0.15, 0.2) is 61.3 Å². The summed E-state index contributed by atoms with van der Waals surface area (Å²) in [4.78, 5) is 19.2. The second kappa shape index (κ2) is 10.1. The SMILES string of the molecule is Cc1c(-c2cc3cccc(OCCn4ccnc4)c3n2CC2CC2)nn2cc(C(=O)N3CCCC(N)C3)ccc12. The first-order valence-corrected chi connectivity index (χ1v) is 14.3. The molecule has 1 saturated carbocycles. The maximum Gasteiger partial charge on any atom is 0.255 e. The average molecular weight is 538 g/mol. The number of hydrogen-bond acceptors (Lipinski definition) is 5. The molecule has 1 atom stereocenters. The number of aryl methyl sites for hydroxylation is 1. The van der Waals surface area contributed by atoms with Gasteiger partial charge in [0.05, 0.1) is 35.2 Å². The van der Waals surface area contributed by atoms with E-state index in [9.17, 15) is 4.79 Å². The van der Waals surface area contributed by atoms with Crippen LogP contribution in [0.1, 0.15) is 41.6 Å². The van der Waals surface area contributed by atoms with Crippen molar-refractivity contribution < 1.29 is 9.53 Å². The summed E-state index contributed by atoms with van der Waals surface area (Å²) in [6.45, 7) is 5.71. The van der Waals surface area contributed by atoms with Gasteiger partial charge in [0.25, 0.3) is 5.91 Å². The molecule has 9 nitrogen and oxygen atoms in total. The number of fused-ring (bicyclic) bond motifs is 2. The highest BCUT2D eigenvalue weighted by Gasteiger charge is 2.27. The third-order valence-electron chi connectivity index (χ3n) is 8.30. The summed E-state index contributed by atoms with van der Waals surface area (Å²) in [5.74, 6) is 1.58. The predicted molar refractivity (Wildman–Crippen MR) is 154 cm³/mol. The van der Waals surface area contributed by atoms with Crippen molar-refractivity contribution in [3.05, 3.63) is 72.4 Å². The number of imidazole rings is 1. The zero-order valence-corrected chi connectivity index (χ0v) is 22.9. The molecule has 1 unspecified atom stereocenters. The molecule has 1 aromatic carbocycles. The molecule has 1 saturated heterocycles. The van der Waals surface area contributed by atoms with E-state index >= 15 is 0 Å². The molecule has 9 heteroatoms. The summed E-state index contributed by atoms with van der Waals surface area (Å²) in [5, 5.41) is 6.19. The first-order chi connectivity index (χ1) is 19.5. The number of para-hydroxylation sites is 1. The zero-order chi connectivity index (χ0) is 27.2. The molecular weight excluding hydrogens is 502 g/mol. The van der Waals surface area contributed by atoms with Gasteiger partial charge in [0, 0.05) is 55.2 Å². The van der Waals surface area contributed by atoms with Crippen molar-refractivity contribution in [3.8, 4) is 17.1 Å². The van der Waals surface area contributed by atoms with Crippen LogP contribution in [0.25, 0.3) is 27.8 Å². The van der Waals surface area contributed by atoms with E-state index in [1.807, 2.05) is 44.8 Å². The molecule has 2 N–H and O–H groups in total. The smallest absolute Gasteiger partial charge is 0.255 e. The van der Waals surface area contributed by atoms with Gasteiger partial charge in [0.15, 0.2) is 0 Å². The quantitative estimate of drug-likeness (QED) is 0.314. The first kappa shape index (κ1) is 24.9. The minimum Gasteiger partial charge on any atom is -0.490 e. The van der Waals surface area contributed by atoms with Crippen molar-refractivity contribution in [2.75, 3.05) is 19.7 Å². The minimum atomic E-state index is 0.0204. The molecular formula is C31H35N7O2.